The Morgan fingerprint density at radius 2 is 1.82 bits per heavy atom. The average molecular weight is 398 g/mol. The van der Waals surface area contributed by atoms with E-state index in [-0.39, 0.29) is 5.91 Å². The van der Waals surface area contributed by atoms with Crippen molar-refractivity contribution in [3.8, 4) is 0 Å². The molecule has 2 aliphatic heterocycles. The van der Waals surface area contributed by atoms with Gasteiger partial charge in [0, 0.05) is 6.54 Å². The van der Waals surface area contributed by atoms with Gasteiger partial charge < -0.3 is 20.4 Å². The van der Waals surface area contributed by atoms with E-state index in [1.807, 2.05) is 0 Å². The summed E-state index contributed by atoms with van der Waals surface area (Å²) in [6, 6.07) is -2.30. The van der Waals surface area contributed by atoms with E-state index in [4.69, 9.17) is 0 Å². The summed E-state index contributed by atoms with van der Waals surface area (Å²) in [5.74, 6) is -1.51. The van der Waals surface area contributed by atoms with E-state index in [9.17, 15) is 24.6 Å². The van der Waals surface area contributed by atoms with Crippen molar-refractivity contribution >= 4 is 17.8 Å². The molecule has 0 radical (unpaired) electrons. The number of rotatable bonds is 11. The Morgan fingerprint density at radius 3 is 2.46 bits per heavy atom. The Hall–Kier alpha value is -1.67. The van der Waals surface area contributed by atoms with Crippen LogP contribution in [0.4, 0.5) is 0 Å². The van der Waals surface area contributed by atoms with Crippen LogP contribution in [0.25, 0.3) is 0 Å². The maximum absolute atomic E-state index is 12.6. The molecule has 8 heteroatoms. The van der Waals surface area contributed by atoms with Gasteiger partial charge in [0.2, 0.25) is 5.91 Å². The highest BCUT2D eigenvalue weighted by atomic mass is 16.4. The fourth-order valence-electron chi connectivity index (χ4n) is 4.32. The maximum Gasteiger partial charge on any atom is 0.326 e. The molecule has 0 unspecified atom stereocenters. The van der Waals surface area contributed by atoms with Crippen molar-refractivity contribution in [3.05, 3.63) is 0 Å². The molecule has 2 fully saturated rings. The van der Waals surface area contributed by atoms with Crippen LogP contribution in [0, 0.1) is 5.92 Å². The standard InChI is InChI=1S/C20H35N3O5/c1-14(18(24)23-13-5-8-17(23)20(27)28)22-16(19(25)26)7-4-2-3-6-15-9-11-21-12-10-15/h14-17,21-22H,2-13H2,1H3,(H,25,26)(H,27,28)/t14-,16-,17-/m0/s1. The van der Waals surface area contributed by atoms with Crippen molar-refractivity contribution in [2.45, 2.75) is 82.8 Å². The van der Waals surface area contributed by atoms with E-state index in [2.05, 4.69) is 10.6 Å². The van der Waals surface area contributed by atoms with Crippen LogP contribution in [-0.4, -0.2) is 70.7 Å². The van der Waals surface area contributed by atoms with Gasteiger partial charge in [0.05, 0.1) is 6.04 Å². The Morgan fingerprint density at radius 1 is 1.11 bits per heavy atom. The van der Waals surface area contributed by atoms with E-state index in [1.165, 1.54) is 24.2 Å². The highest BCUT2D eigenvalue weighted by Gasteiger charge is 2.36. The third-order valence-corrected chi connectivity index (χ3v) is 6.00. The van der Waals surface area contributed by atoms with Gasteiger partial charge in [-0.3, -0.25) is 14.9 Å². The number of amides is 1. The minimum absolute atomic E-state index is 0.331. The van der Waals surface area contributed by atoms with Crippen molar-refractivity contribution in [2.24, 2.45) is 5.92 Å². The van der Waals surface area contributed by atoms with Crippen LogP contribution in [-0.2, 0) is 14.4 Å². The second-order valence-corrected chi connectivity index (χ2v) is 8.14. The molecule has 2 saturated heterocycles. The third-order valence-electron chi connectivity index (χ3n) is 6.00. The molecule has 2 heterocycles. The van der Waals surface area contributed by atoms with Crippen LogP contribution in [0.1, 0.15) is 64.7 Å². The summed E-state index contributed by atoms with van der Waals surface area (Å²) in [4.78, 5) is 36.8. The molecule has 0 aromatic rings. The summed E-state index contributed by atoms with van der Waals surface area (Å²) in [5, 5.41) is 25.0. The predicted molar refractivity (Wildman–Crippen MR) is 105 cm³/mol. The monoisotopic (exact) mass is 397 g/mol. The van der Waals surface area contributed by atoms with E-state index < -0.39 is 30.1 Å². The SMILES string of the molecule is C[C@H](N[C@@H](CCCCCC1CCNCC1)C(=O)O)C(=O)N1CCC[C@H]1C(=O)O. The first-order valence-electron chi connectivity index (χ1n) is 10.6. The van der Waals surface area contributed by atoms with E-state index >= 15 is 0 Å². The van der Waals surface area contributed by atoms with Gasteiger partial charge in [0.15, 0.2) is 0 Å². The van der Waals surface area contributed by atoms with E-state index in [0.29, 0.717) is 25.8 Å². The second-order valence-electron chi connectivity index (χ2n) is 8.14. The molecule has 2 aliphatic rings. The van der Waals surface area contributed by atoms with Gasteiger partial charge in [0.25, 0.3) is 0 Å². The molecule has 28 heavy (non-hydrogen) atoms. The molecule has 2 rings (SSSR count). The van der Waals surface area contributed by atoms with Crippen LogP contribution < -0.4 is 10.6 Å². The number of hydrogen-bond donors (Lipinski definition) is 4. The van der Waals surface area contributed by atoms with Crippen molar-refractivity contribution in [1.82, 2.24) is 15.5 Å². The van der Waals surface area contributed by atoms with Crippen molar-refractivity contribution < 1.29 is 24.6 Å². The molecule has 8 nitrogen and oxygen atoms in total. The highest BCUT2D eigenvalue weighted by Crippen LogP contribution is 2.21. The second kappa shape index (κ2) is 11.4. The molecular weight excluding hydrogens is 362 g/mol. The Balaban J connectivity index is 1.72. The van der Waals surface area contributed by atoms with Crippen LogP contribution in [0.5, 0.6) is 0 Å². The number of unbranched alkanes of at least 4 members (excludes halogenated alkanes) is 2. The van der Waals surface area contributed by atoms with Crippen molar-refractivity contribution in [1.29, 1.82) is 0 Å². The Labute approximate surface area is 167 Å². The lowest BCUT2D eigenvalue weighted by molar-refractivity contribution is -0.149. The molecule has 0 spiro atoms. The highest BCUT2D eigenvalue weighted by molar-refractivity contribution is 5.88. The summed E-state index contributed by atoms with van der Waals surface area (Å²) in [6.45, 7) is 4.23. The fraction of sp³-hybridized carbons (Fsp3) is 0.850. The number of carboxylic acids is 2. The molecule has 0 aliphatic carbocycles. The van der Waals surface area contributed by atoms with Gasteiger partial charge >= 0.3 is 11.9 Å². The summed E-state index contributed by atoms with van der Waals surface area (Å²) >= 11 is 0. The first-order chi connectivity index (χ1) is 13.4. The minimum Gasteiger partial charge on any atom is -0.480 e. The molecule has 160 valence electrons. The topological polar surface area (TPSA) is 119 Å². The maximum atomic E-state index is 12.6. The lowest BCUT2D eigenvalue weighted by Gasteiger charge is -2.27. The first kappa shape index (κ1) is 22.6. The minimum atomic E-state index is -0.999. The van der Waals surface area contributed by atoms with Crippen LogP contribution in [0.2, 0.25) is 0 Å². The molecule has 0 aromatic heterocycles. The smallest absolute Gasteiger partial charge is 0.326 e. The molecule has 0 saturated carbocycles. The summed E-state index contributed by atoms with van der Waals surface area (Å²) in [5.41, 5.74) is 0. The summed E-state index contributed by atoms with van der Waals surface area (Å²) in [7, 11) is 0. The number of nitrogens with zero attached hydrogens (tertiary/aromatic N) is 1. The van der Waals surface area contributed by atoms with Crippen LogP contribution >= 0.6 is 0 Å². The van der Waals surface area contributed by atoms with Gasteiger partial charge in [-0.15, -0.1) is 0 Å². The zero-order valence-corrected chi connectivity index (χ0v) is 16.9. The Kier molecular flexibility index (Phi) is 9.18. The number of carbonyl (C=O) groups is 3. The summed E-state index contributed by atoms with van der Waals surface area (Å²) in [6.07, 6.45) is 8.15. The quantitative estimate of drug-likeness (QED) is 0.390. The molecule has 0 bridgehead atoms. The van der Waals surface area contributed by atoms with E-state index in [0.717, 1.165) is 38.3 Å². The predicted octanol–water partition coefficient (Wildman–Crippen LogP) is 1.44. The van der Waals surface area contributed by atoms with Crippen molar-refractivity contribution in [3.63, 3.8) is 0 Å². The fourth-order valence-corrected chi connectivity index (χ4v) is 4.32. The van der Waals surface area contributed by atoms with Gasteiger partial charge in [-0.2, -0.15) is 0 Å². The van der Waals surface area contributed by atoms with Crippen LogP contribution in [0.15, 0.2) is 0 Å². The van der Waals surface area contributed by atoms with Gasteiger partial charge in [0.1, 0.15) is 12.1 Å². The lowest BCUT2D eigenvalue weighted by atomic mass is 9.92. The van der Waals surface area contributed by atoms with E-state index in [1.54, 1.807) is 6.92 Å². The number of likely N-dealkylation sites (tertiary alicyclic amines) is 1. The molecule has 3 atom stereocenters. The molecular formula is C20H35N3O5. The third kappa shape index (κ3) is 6.74. The number of carboxylic acid groups (broad SMARTS) is 2. The number of carbonyl (C=O) groups excluding carboxylic acids is 1. The zero-order valence-electron chi connectivity index (χ0n) is 16.9. The number of nitrogens with one attached hydrogen (secondary N) is 2. The van der Waals surface area contributed by atoms with Gasteiger partial charge in [-0.1, -0.05) is 25.7 Å². The lowest BCUT2D eigenvalue weighted by Crippen LogP contribution is -2.53. The van der Waals surface area contributed by atoms with Crippen molar-refractivity contribution in [2.75, 3.05) is 19.6 Å². The number of hydrogen-bond acceptors (Lipinski definition) is 5. The number of piperidine rings is 1. The summed E-state index contributed by atoms with van der Waals surface area (Å²) < 4.78 is 0. The molecule has 0 aromatic carbocycles. The Bertz CT molecular complexity index is 536. The van der Waals surface area contributed by atoms with Gasteiger partial charge in [-0.05, 0) is 58.0 Å². The largest absolute Gasteiger partial charge is 0.480 e. The first-order valence-corrected chi connectivity index (χ1v) is 10.6. The van der Waals surface area contributed by atoms with Crippen LogP contribution in [0.3, 0.4) is 0 Å². The van der Waals surface area contributed by atoms with Gasteiger partial charge in [-0.25, -0.2) is 4.79 Å². The number of aliphatic carboxylic acids is 2. The molecule has 1 amide bonds. The molecule has 4 N–H and O–H groups in total. The zero-order chi connectivity index (χ0) is 20.5. The normalized spacial score (nSPS) is 22.8. The average Bonchev–Trinajstić information content (AvgIpc) is 3.16.